The van der Waals surface area contributed by atoms with Crippen LogP contribution in [0.4, 0.5) is 17.1 Å². The van der Waals surface area contributed by atoms with E-state index in [1.54, 1.807) is 72.8 Å². The molecule has 0 heterocycles. The lowest BCUT2D eigenvalue weighted by Crippen LogP contribution is -2.30. The van der Waals surface area contributed by atoms with E-state index in [0.29, 0.717) is 29.0 Å². The highest BCUT2D eigenvalue weighted by Crippen LogP contribution is 2.29. The first-order valence-corrected chi connectivity index (χ1v) is 16.0. The van der Waals surface area contributed by atoms with E-state index in [0.717, 1.165) is 21.2 Å². The Kier molecular flexibility index (Phi) is 10.8. The molecule has 1 unspecified atom stereocenters. The molecule has 0 radical (unpaired) electrons. The molecular formula is C38H34N4O4S. The standard InChI is InChI=1S/C38H34N4O4S/c1-3-35(38(46)40-30-21-19-29(20-22-30)39-25(2)43)47-32-17-10-16-31(24-32)41-37(45)34(42-36(44)27-12-5-4-6-13-27)23-28-15-9-14-26-11-7-8-18-33(26)28/h4-24,35H,3H2,1-2H3,(H,39,43)(H,40,46)(H,41,45)(H,42,44)/b34-23+. The molecule has 0 saturated carbocycles. The zero-order chi connectivity index (χ0) is 33.2. The summed E-state index contributed by atoms with van der Waals surface area (Å²) in [7, 11) is 0. The lowest BCUT2D eigenvalue weighted by Gasteiger charge is -2.16. The highest BCUT2D eigenvalue weighted by Gasteiger charge is 2.20. The number of nitrogens with one attached hydrogen (secondary N) is 4. The van der Waals surface area contributed by atoms with Gasteiger partial charge in [-0.2, -0.15) is 0 Å². The van der Waals surface area contributed by atoms with Gasteiger partial charge >= 0.3 is 0 Å². The van der Waals surface area contributed by atoms with Crippen molar-refractivity contribution in [3.63, 3.8) is 0 Å². The topological polar surface area (TPSA) is 116 Å². The van der Waals surface area contributed by atoms with E-state index in [2.05, 4.69) is 21.3 Å². The smallest absolute Gasteiger partial charge is 0.272 e. The number of thioether (sulfide) groups is 1. The maximum atomic E-state index is 13.7. The zero-order valence-corrected chi connectivity index (χ0v) is 26.8. The third-order valence-corrected chi connectivity index (χ3v) is 8.52. The zero-order valence-electron chi connectivity index (χ0n) is 26.0. The van der Waals surface area contributed by atoms with E-state index in [9.17, 15) is 19.2 Å². The maximum Gasteiger partial charge on any atom is 0.272 e. The van der Waals surface area contributed by atoms with Crippen LogP contribution in [-0.2, 0) is 14.4 Å². The molecule has 5 aromatic rings. The molecule has 0 fully saturated rings. The number of carbonyl (C=O) groups is 4. The lowest BCUT2D eigenvalue weighted by atomic mass is 10.0. The van der Waals surface area contributed by atoms with E-state index in [4.69, 9.17) is 0 Å². The first-order chi connectivity index (χ1) is 22.8. The van der Waals surface area contributed by atoms with Gasteiger partial charge in [0.15, 0.2) is 0 Å². The predicted octanol–water partition coefficient (Wildman–Crippen LogP) is 7.72. The first kappa shape index (κ1) is 32.7. The van der Waals surface area contributed by atoms with Gasteiger partial charge in [0, 0.05) is 34.4 Å². The molecule has 0 aliphatic heterocycles. The fourth-order valence-electron chi connectivity index (χ4n) is 4.87. The van der Waals surface area contributed by atoms with Crippen LogP contribution in [0.15, 0.2) is 132 Å². The molecular weight excluding hydrogens is 609 g/mol. The molecule has 1 atom stereocenters. The van der Waals surface area contributed by atoms with Crippen LogP contribution in [0.3, 0.4) is 0 Å². The quantitative estimate of drug-likeness (QED) is 0.0870. The van der Waals surface area contributed by atoms with Crippen LogP contribution in [-0.4, -0.2) is 28.9 Å². The van der Waals surface area contributed by atoms with Crippen LogP contribution >= 0.6 is 11.8 Å². The fraction of sp³-hybridized carbons (Fsp3) is 0.105. The van der Waals surface area contributed by atoms with Crippen molar-refractivity contribution in [3.8, 4) is 0 Å². The van der Waals surface area contributed by atoms with Crippen molar-refractivity contribution in [3.05, 3.63) is 138 Å². The Morgan fingerprint density at radius 1 is 0.702 bits per heavy atom. The summed E-state index contributed by atoms with van der Waals surface area (Å²) < 4.78 is 0. The van der Waals surface area contributed by atoms with Gasteiger partial charge in [0.25, 0.3) is 11.8 Å². The van der Waals surface area contributed by atoms with Gasteiger partial charge in [-0.05, 0) is 83.4 Å². The van der Waals surface area contributed by atoms with Crippen LogP contribution in [0.2, 0.25) is 0 Å². The molecule has 5 aromatic carbocycles. The number of anilines is 3. The number of hydrogen-bond acceptors (Lipinski definition) is 5. The third-order valence-electron chi connectivity index (χ3n) is 7.16. The second-order valence-electron chi connectivity index (χ2n) is 10.7. The van der Waals surface area contributed by atoms with Crippen LogP contribution in [0.25, 0.3) is 16.8 Å². The average molecular weight is 643 g/mol. The molecule has 4 amide bonds. The second kappa shape index (κ2) is 15.6. The molecule has 0 spiro atoms. The molecule has 5 rings (SSSR count). The van der Waals surface area contributed by atoms with Crippen molar-refractivity contribution in [2.45, 2.75) is 30.4 Å². The van der Waals surface area contributed by atoms with Crippen LogP contribution in [0, 0.1) is 0 Å². The van der Waals surface area contributed by atoms with E-state index in [-0.39, 0.29) is 17.5 Å². The Morgan fingerprint density at radius 3 is 2.09 bits per heavy atom. The first-order valence-electron chi connectivity index (χ1n) is 15.1. The van der Waals surface area contributed by atoms with Crippen molar-refractivity contribution >= 4 is 69.3 Å². The largest absolute Gasteiger partial charge is 0.326 e. The van der Waals surface area contributed by atoms with Gasteiger partial charge in [-0.15, -0.1) is 11.8 Å². The Labute approximate surface area is 277 Å². The number of amides is 4. The molecule has 0 aliphatic carbocycles. The van der Waals surface area contributed by atoms with Gasteiger partial charge in [0.05, 0.1) is 5.25 Å². The summed E-state index contributed by atoms with van der Waals surface area (Å²) in [5, 5.41) is 12.9. The van der Waals surface area contributed by atoms with Crippen LogP contribution in [0.1, 0.15) is 36.2 Å². The summed E-state index contributed by atoms with van der Waals surface area (Å²) in [5.41, 5.74) is 3.07. The molecule has 0 aliphatic rings. The number of rotatable bonds is 11. The van der Waals surface area contributed by atoms with E-state index < -0.39 is 17.1 Å². The van der Waals surface area contributed by atoms with Crippen molar-refractivity contribution in [2.24, 2.45) is 0 Å². The third kappa shape index (κ3) is 8.96. The highest BCUT2D eigenvalue weighted by molar-refractivity contribution is 8.00. The minimum absolute atomic E-state index is 0.0867. The second-order valence-corrected chi connectivity index (χ2v) is 12.0. The maximum absolute atomic E-state index is 13.7. The van der Waals surface area contributed by atoms with Crippen molar-refractivity contribution in [1.29, 1.82) is 0 Å². The molecule has 0 saturated heterocycles. The van der Waals surface area contributed by atoms with Gasteiger partial charge in [0.2, 0.25) is 11.8 Å². The van der Waals surface area contributed by atoms with Gasteiger partial charge in [-0.3, -0.25) is 19.2 Å². The molecule has 0 aromatic heterocycles. The monoisotopic (exact) mass is 642 g/mol. The fourth-order valence-corrected chi connectivity index (χ4v) is 5.88. The number of hydrogen-bond donors (Lipinski definition) is 4. The van der Waals surface area contributed by atoms with E-state index >= 15 is 0 Å². The van der Waals surface area contributed by atoms with Gasteiger partial charge in [-0.25, -0.2) is 0 Å². The lowest BCUT2D eigenvalue weighted by molar-refractivity contribution is -0.116. The Hall–Kier alpha value is -5.67. The molecule has 8 nitrogen and oxygen atoms in total. The SMILES string of the molecule is CCC(Sc1cccc(NC(=O)/C(=C\c2cccc3ccccc23)NC(=O)c2ccccc2)c1)C(=O)Nc1ccc(NC(C)=O)cc1. The molecule has 0 bridgehead atoms. The Morgan fingerprint density at radius 2 is 1.36 bits per heavy atom. The molecule has 236 valence electrons. The normalized spacial score (nSPS) is 11.7. The summed E-state index contributed by atoms with van der Waals surface area (Å²) in [6.45, 7) is 3.37. The predicted molar refractivity (Wildman–Crippen MR) is 190 cm³/mol. The van der Waals surface area contributed by atoms with E-state index in [1.165, 1.54) is 18.7 Å². The molecule has 4 N–H and O–H groups in total. The summed E-state index contributed by atoms with van der Waals surface area (Å²) in [5.74, 6) is -1.23. The van der Waals surface area contributed by atoms with Crippen LogP contribution < -0.4 is 21.3 Å². The van der Waals surface area contributed by atoms with E-state index in [1.807, 2.05) is 61.5 Å². The minimum Gasteiger partial charge on any atom is -0.326 e. The number of benzene rings is 5. The molecule has 9 heteroatoms. The number of fused-ring (bicyclic) bond motifs is 1. The van der Waals surface area contributed by atoms with Gasteiger partial charge < -0.3 is 21.3 Å². The average Bonchev–Trinajstić information content (AvgIpc) is 3.08. The summed E-state index contributed by atoms with van der Waals surface area (Å²) >= 11 is 1.38. The minimum atomic E-state index is -0.489. The van der Waals surface area contributed by atoms with Crippen molar-refractivity contribution < 1.29 is 19.2 Å². The summed E-state index contributed by atoms with van der Waals surface area (Å²) in [4.78, 5) is 52.1. The van der Waals surface area contributed by atoms with Gasteiger partial charge in [-0.1, -0.05) is 73.7 Å². The van der Waals surface area contributed by atoms with Crippen molar-refractivity contribution in [1.82, 2.24) is 5.32 Å². The Bertz CT molecular complexity index is 1940. The Balaban J connectivity index is 1.33. The number of carbonyl (C=O) groups excluding carboxylic acids is 4. The summed E-state index contributed by atoms with van der Waals surface area (Å²) in [6, 6.07) is 36.5. The van der Waals surface area contributed by atoms with Crippen LogP contribution in [0.5, 0.6) is 0 Å². The summed E-state index contributed by atoms with van der Waals surface area (Å²) in [6.07, 6.45) is 2.25. The van der Waals surface area contributed by atoms with Gasteiger partial charge in [0.1, 0.15) is 5.70 Å². The van der Waals surface area contributed by atoms with Crippen molar-refractivity contribution in [2.75, 3.05) is 16.0 Å². The molecule has 47 heavy (non-hydrogen) atoms. The highest BCUT2D eigenvalue weighted by atomic mass is 32.2.